The molecule has 0 amide bonds. The zero-order valence-corrected chi connectivity index (χ0v) is 40.2. The molecule has 0 aliphatic rings. The molecule has 0 saturated heterocycles. The summed E-state index contributed by atoms with van der Waals surface area (Å²) in [6.07, 6.45) is 48.7. The maximum atomic E-state index is 12.7. The minimum absolute atomic E-state index is 0.0263. The summed E-state index contributed by atoms with van der Waals surface area (Å²) in [4.78, 5) is 33.7. The maximum Gasteiger partial charge on any atom is 0.472 e. The average molecular weight is 876 g/mol. The summed E-state index contributed by atoms with van der Waals surface area (Å²) in [5, 5.41) is 8.92. The highest BCUT2D eigenvalue weighted by Crippen LogP contribution is 2.43. The van der Waals surface area contributed by atoms with Gasteiger partial charge in [0.05, 0.1) is 19.8 Å². The Bertz CT molecular complexity index is 971. The molecule has 0 heterocycles. The Hall–Kier alpha value is -1.03. The van der Waals surface area contributed by atoms with Crippen molar-refractivity contribution < 1.29 is 42.7 Å². The van der Waals surface area contributed by atoms with Crippen molar-refractivity contribution in [3.05, 3.63) is 0 Å². The molecule has 0 aliphatic carbocycles. The number of esters is 1. The fourth-order valence-corrected chi connectivity index (χ4v) is 8.44. The summed E-state index contributed by atoms with van der Waals surface area (Å²) < 4.78 is 33.5. The Balaban J connectivity index is 4.07. The highest BCUT2D eigenvalue weighted by atomic mass is 31.2. The topological polar surface area (TPSA) is 155 Å². The van der Waals surface area contributed by atoms with Crippen molar-refractivity contribution in [1.82, 2.24) is 0 Å². The maximum absolute atomic E-state index is 12.7. The number of hydrogen-bond donors (Lipinski definition) is 3. The molecule has 4 N–H and O–H groups in total. The first-order valence-electron chi connectivity index (χ1n) is 25.6. The molecule has 60 heavy (non-hydrogen) atoms. The summed E-state index contributed by atoms with van der Waals surface area (Å²) in [6, 6.07) is -1.47. The van der Waals surface area contributed by atoms with Gasteiger partial charge in [-0.15, -0.1) is 0 Å². The van der Waals surface area contributed by atoms with E-state index in [2.05, 4.69) is 13.8 Å². The van der Waals surface area contributed by atoms with Gasteiger partial charge in [-0.05, 0) is 12.8 Å². The van der Waals surface area contributed by atoms with Gasteiger partial charge in [-0.1, -0.05) is 245 Å². The number of unbranched alkanes of at least 4 members (excludes halogenated alkanes) is 36. The molecular formula is C49H98NO9P. The lowest BCUT2D eigenvalue weighted by molar-refractivity contribution is -0.154. The van der Waals surface area contributed by atoms with E-state index in [-0.39, 0.29) is 13.0 Å². The molecule has 0 bridgehead atoms. The first-order chi connectivity index (χ1) is 29.2. The van der Waals surface area contributed by atoms with Crippen molar-refractivity contribution in [1.29, 1.82) is 0 Å². The van der Waals surface area contributed by atoms with E-state index in [1.54, 1.807) is 0 Å². The fraction of sp³-hybridized carbons (Fsp3) is 0.959. The van der Waals surface area contributed by atoms with Crippen molar-refractivity contribution in [3.8, 4) is 0 Å². The van der Waals surface area contributed by atoms with Gasteiger partial charge < -0.3 is 25.2 Å². The lowest BCUT2D eigenvalue weighted by atomic mass is 10.0. The van der Waals surface area contributed by atoms with E-state index >= 15 is 0 Å². The molecule has 10 nitrogen and oxygen atoms in total. The van der Waals surface area contributed by atoms with Crippen LogP contribution >= 0.6 is 7.82 Å². The van der Waals surface area contributed by atoms with Crippen LogP contribution in [-0.2, 0) is 32.7 Å². The lowest BCUT2D eigenvalue weighted by Crippen LogP contribution is -2.34. The molecule has 11 heteroatoms. The van der Waals surface area contributed by atoms with Gasteiger partial charge in [0.2, 0.25) is 0 Å². The van der Waals surface area contributed by atoms with Gasteiger partial charge in [0.15, 0.2) is 0 Å². The largest absolute Gasteiger partial charge is 0.480 e. The third kappa shape index (κ3) is 45.0. The normalized spacial score (nSPS) is 13.7. The van der Waals surface area contributed by atoms with Crippen molar-refractivity contribution in [2.45, 2.75) is 276 Å². The van der Waals surface area contributed by atoms with E-state index in [1.165, 1.54) is 205 Å². The van der Waals surface area contributed by atoms with Crippen molar-refractivity contribution in [2.24, 2.45) is 5.73 Å². The Morgan fingerprint density at radius 2 is 0.767 bits per heavy atom. The van der Waals surface area contributed by atoms with Crippen LogP contribution in [0.2, 0.25) is 0 Å². The van der Waals surface area contributed by atoms with Gasteiger partial charge >= 0.3 is 19.8 Å². The lowest BCUT2D eigenvalue weighted by Gasteiger charge is -2.20. The van der Waals surface area contributed by atoms with E-state index in [4.69, 9.17) is 29.4 Å². The SMILES string of the molecule is CCCCCCCCCCCCCCCCCCCCCCCCC(=O)O[C@H](COCCCCCCCCCCCCCCCCCC)COP(=O)(O)OC[C@H](N)C(=O)O. The Labute approximate surface area is 370 Å². The zero-order valence-electron chi connectivity index (χ0n) is 39.3. The summed E-state index contributed by atoms with van der Waals surface area (Å²) in [7, 11) is -4.61. The first kappa shape index (κ1) is 59.0. The quantitative estimate of drug-likeness (QED) is 0.0306. The van der Waals surface area contributed by atoms with Crippen LogP contribution in [0, 0.1) is 0 Å². The predicted octanol–water partition coefficient (Wildman–Crippen LogP) is 14.7. The highest BCUT2D eigenvalue weighted by Gasteiger charge is 2.27. The van der Waals surface area contributed by atoms with Crippen LogP contribution in [0.1, 0.15) is 264 Å². The molecule has 0 rings (SSSR count). The van der Waals surface area contributed by atoms with Gasteiger partial charge in [-0.25, -0.2) is 4.57 Å². The van der Waals surface area contributed by atoms with Crippen LogP contribution in [0.15, 0.2) is 0 Å². The molecule has 3 atom stereocenters. The number of rotatable bonds is 50. The van der Waals surface area contributed by atoms with E-state index in [0.717, 1.165) is 38.5 Å². The summed E-state index contributed by atoms with van der Waals surface area (Å²) in [5.41, 5.74) is 5.37. The number of carboxylic acid groups (broad SMARTS) is 1. The molecule has 1 unspecified atom stereocenters. The van der Waals surface area contributed by atoms with E-state index in [1.807, 2.05) is 0 Å². The average Bonchev–Trinajstić information content (AvgIpc) is 3.23. The first-order valence-corrected chi connectivity index (χ1v) is 27.1. The number of carbonyl (C=O) groups is 2. The number of nitrogens with two attached hydrogens (primary N) is 1. The number of ether oxygens (including phenoxy) is 2. The molecule has 0 aromatic rings. The molecule has 358 valence electrons. The minimum atomic E-state index is -4.61. The number of carbonyl (C=O) groups excluding carboxylic acids is 1. The molecule has 0 fully saturated rings. The summed E-state index contributed by atoms with van der Waals surface area (Å²) in [6.45, 7) is 3.96. The zero-order chi connectivity index (χ0) is 44.0. The van der Waals surface area contributed by atoms with Gasteiger partial charge in [0.1, 0.15) is 12.1 Å². The highest BCUT2D eigenvalue weighted by molar-refractivity contribution is 7.47. The molecule has 0 aromatic heterocycles. The van der Waals surface area contributed by atoms with Crippen molar-refractivity contribution in [3.63, 3.8) is 0 Å². The van der Waals surface area contributed by atoms with Crippen LogP contribution in [0.3, 0.4) is 0 Å². The van der Waals surface area contributed by atoms with Crippen LogP contribution in [0.25, 0.3) is 0 Å². The number of phosphoric ester groups is 1. The molecule has 0 saturated carbocycles. The van der Waals surface area contributed by atoms with E-state index in [0.29, 0.717) is 6.61 Å². The van der Waals surface area contributed by atoms with Gasteiger partial charge in [0, 0.05) is 13.0 Å². The standard InChI is InChI=1S/C49H98NO9P/c1-3-5-7-9-11-13-15-17-19-21-22-23-24-25-26-27-29-31-33-35-37-39-41-48(51)59-46(44-57-60(54,55)58-45-47(50)49(52)53)43-56-42-40-38-36-34-32-30-28-20-18-16-14-12-10-8-6-4-2/h46-47H,3-45,50H2,1-2H3,(H,52,53)(H,54,55)/t46-,47+/m1/s1. The van der Waals surface area contributed by atoms with Crippen molar-refractivity contribution in [2.75, 3.05) is 26.4 Å². The third-order valence-electron chi connectivity index (χ3n) is 11.6. The predicted molar refractivity (Wildman–Crippen MR) is 249 cm³/mol. The minimum Gasteiger partial charge on any atom is -0.480 e. The van der Waals surface area contributed by atoms with Gasteiger partial charge in [-0.2, -0.15) is 0 Å². The number of hydrogen-bond acceptors (Lipinski definition) is 8. The number of aliphatic carboxylic acids is 1. The van der Waals surface area contributed by atoms with Crippen LogP contribution in [0.5, 0.6) is 0 Å². The molecule has 0 spiro atoms. The Morgan fingerprint density at radius 3 is 1.10 bits per heavy atom. The Morgan fingerprint density at radius 1 is 0.467 bits per heavy atom. The summed E-state index contributed by atoms with van der Waals surface area (Å²) >= 11 is 0. The molecule has 0 radical (unpaired) electrons. The molecular weight excluding hydrogens is 778 g/mol. The second kappa shape index (κ2) is 46.0. The Kier molecular flexibility index (Phi) is 45.2. The molecule has 0 aliphatic heterocycles. The van der Waals surface area contributed by atoms with Gasteiger partial charge in [-0.3, -0.25) is 18.6 Å². The summed E-state index contributed by atoms with van der Waals surface area (Å²) in [5.74, 6) is -1.76. The third-order valence-corrected chi connectivity index (χ3v) is 12.6. The van der Waals surface area contributed by atoms with Crippen LogP contribution in [-0.4, -0.2) is 60.5 Å². The second-order valence-corrected chi connectivity index (χ2v) is 19.1. The van der Waals surface area contributed by atoms with Gasteiger partial charge in [0.25, 0.3) is 0 Å². The number of phosphoric acid groups is 1. The van der Waals surface area contributed by atoms with Crippen LogP contribution in [0.4, 0.5) is 0 Å². The fourth-order valence-electron chi connectivity index (χ4n) is 7.67. The van der Waals surface area contributed by atoms with Crippen molar-refractivity contribution >= 4 is 19.8 Å². The van der Waals surface area contributed by atoms with E-state index < -0.39 is 45.1 Å². The smallest absolute Gasteiger partial charge is 0.472 e. The molecule has 0 aromatic carbocycles. The second-order valence-electron chi connectivity index (χ2n) is 17.7. The number of carboxylic acids is 1. The monoisotopic (exact) mass is 876 g/mol. The van der Waals surface area contributed by atoms with E-state index in [9.17, 15) is 19.0 Å². The van der Waals surface area contributed by atoms with Crippen LogP contribution < -0.4 is 5.73 Å².